The SMILES string of the molecule is CCOC(=O)c1csc2ncn(CCCOc3ccc(CC)cc3)c(=O)c12. The lowest BCUT2D eigenvalue weighted by Crippen LogP contribution is -2.22. The molecule has 0 aliphatic heterocycles. The predicted molar refractivity (Wildman–Crippen MR) is 106 cm³/mol. The Kier molecular flexibility index (Phi) is 6.24. The van der Waals surface area contributed by atoms with E-state index in [0.29, 0.717) is 29.8 Å². The lowest BCUT2D eigenvalue weighted by molar-refractivity contribution is 0.0529. The number of thiophene rings is 1. The van der Waals surface area contributed by atoms with Gasteiger partial charge >= 0.3 is 5.97 Å². The van der Waals surface area contributed by atoms with E-state index in [1.54, 1.807) is 12.3 Å². The summed E-state index contributed by atoms with van der Waals surface area (Å²) < 4.78 is 12.3. The summed E-state index contributed by atoms with van der Waals surface area (Å²) in [5, 5.41) is 1.96. The first-order chi connectivity index (χ1) is 13.1. The van der Waals surface area contributed by atoms with Gasteiger partial charge in [-0.05, 0) is 37.5 Å². The van der Waals surface area contributed by atoms with Gasteiger partial charge in [0.2, 0.25) is 0 Å². The largest absolute Gasteiger partial charge is 0.494 e. The van der Waals surface area contributed by atoms with E-state index in [2.05, 4.69) is 11.9 Å². The van der Waals surface area contributed by atoms with E-state index in [0.717, 1.165) is 12.2 Å². The minimum absolute atomic E-state index is 0.225. The van der Waals surface area contributed by atoms with Crippen molar-refractivity contribution in [2.75, 3.05) is 13.2 Å². The molecule has 0 bridgehead atoms. The number of esters is 1. The second-order valence-electron chi connectivity index (χ2n) is 5.99. The maximum Gasteiger partial charge on any atom is 0.339 e. The van der Waals surface area contributed by atoms with E-state index in [-0.39, 0.29) is 17.7 Å². The highest BCUT2D eigenvalue weighted by molar-refractivity contribution is 7.17. The lowest BCUT2D eigenvalue weighted by Gasteiger charge is -2.08. The van der Waals surface area contributed by atoms with Crippen LogP contribution in [0.4, 0.5) is 0 Å². The molecule has 142 valence electrons. The molecule has 0 fully saturated rings. The van der Waals surface area contributed by atoms with Gasteiger partial charge in [0.15, 0.2) is 0 Å². The molecule has 0 N–H and O–H groups in total. The van der Waals surface area contributed by atoms with Crippen LogP contribution in [0.2, 0.25) is 0 Å². The molecule has 3 aromatic rings. The Labute approximate surface area is 161 Å². The first-order valence-corrected chi connectivity index (χ1v) is 9.87. The van der Waals surface area contributed by atoms with Gasteiger partial charge in [-0.2, -0.15) is 0 Å². The number of aromatic nitrogens is 2. The molecule has 0 unspecified atom stereocenters. The van der Waals surface area contributed by atoms with Gasteiger partial charge in [-0.1, -0.05) is 19.1 Å². The molecular weight excluding hydrogens is 364 g/mol. The molecule has 27 heavy (non-hydrogen) atoms. The van der Waals surface area contributed by atoms with Crippen molar-refractivity contribution in [2.24, 2.45) is 0 Å². The van der Waals surface area contributed by atoms with Crippen molar-refractivity contribution >= 4 is 27.5 Å². The number of carbonyl (C=O) groups is 1. The molecule has 2 aromatic heterocycles. The van der Waals surface area contributed by atoms with Crippen molar-refractivity contribution < 1.29 is 14.3 Å². The fourth-order valence-corrected chi connectivity index (χ4v) is 3.60. The smallest absolute Gasteiger partial charge is 0.339 e. The number of hydrogen-bond donors (Lipinski definition) is 0. The van der Waals surface area contributed by atoms with Crippen LogP contribution >= 0.6 is 11.3 Å². The Bertz CT molecular complexity index is 976. The third-order valence-corrected chi connectivity index (χ3v) is 5.09. The molecule has 6 nitrogen and oxygen atoms in total. The minimum Gasteiger partial charge on any atom is -0.494 e. The quantitative estimate of drug-likeness (QED) is 0.436. The molecule has 0 spiro atoms. The first-order valence-electron chi connectivity index (χ1n) is 8.99. The van der Waals surface area contributed by atoms with Crippen molar-refractivity contribution in [3.63, 3.8) is 0 Å². The highest BCUT2D eigenvalue weighted by atomic mass is 32.1. The third-order valence-electron chi connectivity index (χ3n) is 4.20. The first kappa shape index (κ1) is 19.1. The number of rotatable bonds is 8. The lowest BCUT2D eigenvalue weighted by atomic mass is 10.2. The summed E-state index contributed by atoms with van der Waals surface area (Å²) in [4.78, 5) is 29.6. The number of aryl methyl sites for hydroxylation is 2. The molecule has 0 atom stereocenters. The molecule has 0 saturated carbocycles. The Balaban J connectivity index is 1.66. The van der Waals surface area contributed by atoms with Crippen LogP contribution in [-0.4, -0.2) is 28.7 Å². The second-order valence-corrected chi connectivity index (χ2v) is 6.85. The number of ether oxygens (including phenoxy) is 2. The van der Waals surface area contributed by atoms with Gasteiger partial charge in [0.1, 0.15) is 10.6 Å². The van der Waals surface area contributed by atoms with Crippen LogP contribution in [-0.2, 0) is 17.7 Å². The summed E-state index contributed by atoms with van der Waals surface area (Å²) >= 11 is 1.27. The summed E-state index contributed by atoms with van der Waals surface area (Å²) in [6, 6.07) is 8.00. The number of fused-ring (bicyclic) bond motifs is 1. The average Bonchev–Trinajstić information content (AvgIpc) is 3.12. The number of carbonyl (C=O) groups excluding carboxylic acids is 1. The zero-order valence-electron chi connectivity index (χ0n) is 15.4. The summed E-state index contributed by atoms with van der Waals surface area (Å²) in [6.07, 6.45) is 3.17. The van der Waals surface area contributed by atoms with Gasteiger partial charge in [0, 0.05) is 11.9 Å². The van der Waals surface area contributed by atoms with Crippen LogP contribution in [0.15, 0.2) is 40.8 Å². The maximum atomic E-state index is 12.7. The van der Waals surface area contributed by atoms with Crippen LogP contribution in [0.1, 0.15) is 36.2 Å². The van der Waals surface area contributed by atoms with Gasteiger partial charge in [0.05, 0.1) is 30.5 Å². The molecule has 0 aliphatic rings. The minimum atomic E-state index is -0.487. The maximum absolute atomic E-state index is 12.7. The zero-order valence-corrected chi connectivity index (χ0v) is 16.3. The van der Waals surface area contributed by atoms with Crippen molar-refractivity contribution in [2.45, 2.75) is 33.2 Å². The molecule has 1 aromatic carbocycles. The van der Waals surface area contributed by atoms with Gasteiger partial charge in [-0.25, -0.2) is 9.78 Å². The van der Waals surface area contributed by atoms with Crippen LogP contribution in [0.3, 0.4) is 0 Å². The van der Waals surface area contributed by atoms with Crippen molar-refractivity contribution in [1.29, 1.82) is 0 Å². The Hall–Kier alpha value is -2.67. The molecule has 2 heterocycles. The van der Waals surface area contributed by atoms with Gasteiger partial charge in [0.25, 0.3) is 5.56 Å². The predicted octanol–water partition coefficient (Wildman–Crippen LogP) is 3.67. The molecular formula is C20H22N2O4S. The van der Waals surface area contributed by atoms with Crippen LogP contribution in [0, 0.1) is 0 Å². The number of hydrogen-bond acceptors (Lipinski definition) is 6. The molecule has 7 heteroatoms. The molecule has 0 radical (unpaired) electrons. The summed E-state index contributed by atoms with van der Waals surface area (Å²) in [5.74, 6) is 0.329. The van der Waals surface area contributed by atoms with E-state index in [1.165, 1.54) is 27.8 Å². The highest BCUT2D eigenvalue weighted by Crippen LogP contribution is 2.21. The zero-order chi connectivity index (χ0) is 19.2. The topological polar surface area (TPSA) is 70.4 Å². The van der Waals surface area contributed by atoms with E-state index in [9.17, 15) is 9.59 Å². The summed E-state index contributed by atoms with van der Waals surface area (Å²) in [6.45, 7) is 5.07. The summed E-state index contributed by atoms with van der Waals surface area (Å²) in [7, 11) is 0. The van der Waals surface area contributed by atoms with Crippen LogP contribution in [0.5, 0.6) is 5.75 Å². The van der Waals surface area contributed by atoms with E-state index >= 15 is 0 Å². The molecule has 3 rings (SSSR count). The van der Waals surface area contributed by atoms with E-state index < -0.39 is 5.97 Å². The van der Waals surface area contributed by atoms with Crippen molar-refractivity contribution in [1.82, 2.24) is 9.55 Å². The summed E-state index contributed by atoms with van der Waals surface area (Å²) in [5.41, 5.74) is 1.33. The monoisotopic (exact) mass is 386 g/mol. The standard InChI is InChI=1S/C20H22N2O4S/c1-3-14-6-8-15(9-7-14)26-11-5-10-22-13-21-18-17(19(22)23)16(12-27-18)20(24)25-4-2/h6-9,12-13H,3-5,10-11H2,1-2H3. The normalized spacial score (nSPS) is 10.9. The van der Waals surface area contributed by atoms with Crippen LogP contribution < -0.4 is 10.3 Å². The average molecular weight is 386 g/mol. The highest BCUT2D eigenvalue weighted by Gasteiger charge is 2.18. The number of benzene rings is 1. The van der Waals surface area contributed by atoms with Crippen molar-refractivity contribution in [3.8, 4) is 5.75 Å². The molecule has 0 aliphatic carbocycles. The van der Waals surface area contributed by atoms with Gasteiger partial charge in [-0.15, -0.1) is 11.3 Å². The Morgan fingerprint density at radius 3 is 2.70 bits per heavy atom. The Morgan fingerprint density at radius 2 is 2.00 bits per heavy atom. The fraction of sp³-hybridized carbons (Fsp3) is 0.350. The van der Waals surface area contributed by atoms with Crippen LogP contribution in [0.25, 0.3) is 10.2 Å². The molecule has 0 saturated heterocycles. The van der Waals surface area contributed by atoms with E-state index in [4.69, 9.17) is 9.47 Å². The van der Waals surface area contributed by atoms with Gasteiger partial charge < -0.3 is 9.47 Å². The second kappa shape index (κ2) is 8.81. The van der Waals surface area contributed by atoms with Gasteiger partial charge in [-0.3, -0.25) is 9.36 Å². The third kappa shape index (κ3) is 4.36. The number of nitrogens with zero attached hydrogens (tertiary/aromatic N) is 2. The van der Waals surface area contributed by atoms with E-state index in [1.807, 2.05) is 24.3 Å². The van der Waals surface area contributed by atoms with Crippen molar-refractivity contribution in [3.05, 3.63) is 57.5 Å². The fourth-order valence-electron chi connectivity index (χ4n) is 2.73. The molecule has 0 amide bonds. The Morgan fingerprint density at radius 1 is 1.22 bits per heavy atom.